The second-order valence-corrected chi connectivity index (χ2v) is 14.1. The lowest BCUT2D eigenvalue weighted by Crippen LogP contribution is -1.94. The summed E-state index contributed by atoms with van der Waals surface area (Å²) in [7, 11) is 0. The summed E-state index contributed by atoms with van der Waals surface area (Å²) >= 11 is 0. The van der Waals surface area contributed by atoms with E-state index in [9.17, 15) is 0 Å². The van der Waals surface area contributed by atoms with Crippen molar-refractivity contribution in [3.63, 3.8) is 0 Å². The summed E-state index contributed by atoms with van der Waals surface area (Å²) in [5.74, 6) is 0. The van der Waals surface area contributed by atoms with Gasteiger partial charge in [0.1, 0.15) is 0 Å². The number of hydrogen-bond donors (Lipinski definition) is 0. The van der Waals surface area contributed by atoms with Gasteiger partial charge in [-0.2, -0.15) is 0 Å². The third-order valence-electron chi connectivity index (χ3n) is 11.1. The maximum atomic E-state index is 4.87. The van der Waals surface area contributed by atoms with E-state index in [1.807, 2.05) is 30.6 Å². The van der Waals surface area contributed by atoms with Gasteiger partial charge in [0.05, 0.1) is 28.6 Å². The van der Waals surface area contributed by atoms with Crippen LogP contribution in [0.2, 0.25) is 0 Å². The van der Waals surface area contributed by atoms with Gasteiger partial charge in [0.25, 0.3) is 0 Å². The molecule has 0 spiro atoms. The maximum Gasteiger partial charge on any atom is 0.0893 e. The molecule has 0 saturated heterocycles. The van der Waals surface area contributed by atoms with E-state index in [-0.39, 0.29) is 0 Å². The predicted octanol–water partition coefficient (Wildman–Crippen LogP) is 13.7. The molecule has 0 atom stereocenters. The maximum absolute atomic E-state index is 4.87. The molecule has 0 radical (unpaired) electrons. The minimum atomic E-state index is 0.862. The normalized spacial score (nSPS) is 11.6. The van der Waals surface area contributed by atoms with E-state index in [2.05, 4.69) is 179 Å². The van der Waals surface area contributed by atoms with Crippen molar-refractivity contribution in [3.8, 4) is 50.5 Å². The SMILES string of the molecule is c1ccc(-n2c3ccc(-c4ccc(-c5c6ccccc6c(-c6cccc7ccccc67)c6ccccc56)cc4)cc3c3cc(-c4ccccn4)ncc32)cc1. The lowest BCUT2D eigenvalue weighted by molar-refractivity contribution is 1.16. The van der Waals surface area contributed by atoms with Crippen molar-refractivity contribution < 1.29 is 0 Å². The first-order valence-corrected chi connectivity index (χ1v) is 18.7. The van der Waals surface area contributed by atoms with Crippen LogP contribution in [0.5, 0.6) is 0 Å². The van der Waals surface area contributed by atoms with Crippen LogP contribution in [0.15, 0.2) is 200 Å². The summed E-state index contributed by atoms with van der Waals surface area (Å²) < 4.78 is 2.31. The van der Waals surface area contributed by atoms with Gasteiger partial charge in [0, 0.05) is 22.7 Å². The second kappa shape index (κ2) is 12.6. The average Bonchev–Trinajstić information content (AvgIpc) is 3.59. The minimum absolute atomic E-state index is 0.862. The van der Waals surface area contributed by atoms with Crippen LogP contribution in [0, 0.1) is 0 Å². The van der Waals surface area contributed by atoms with E-state index in [0.717, 1.165) is 33.5 Å². The molecule has 11 aromatic rings. The van der Waals surface area contributed by atoms with Gasteiger partial charge in [-0.1, -0.05) is 146 Å². The van der Waals surface area contributed by atoms with E-state index in [0.29, 0.717) is 0 Å². The second-order valence-electron chi connectivity index (χ2n) is 14.1. The van der Waals surface area contributed by atoms with E-state index in [1.54, 1.807) is 0 Å². The zero-order valence-electron chi connectivity index (χ0n) is 29.9. The molecule has 0 aliphatic rings. The molecule has 0 fully saturated rings. The van der Waals surface area contributed by atoms with E-state index in [4.69, 9.17) is 4.98 Å². The molecule has 0 aliphatic carbocycles. The average molecular weight is 700 g/mol. The van der Waals surface area contributed by atoms with E-state index >= 15 is 0 Å². The first-order chi connectivity index (χ1) is 27.3. The standard InChI is InChI=1S/C52H33N3/c1-2-15-38(16-3-1)55-49-29-28-37(31-45(49)46-32-48(54-33-50(46)55)47-23-10-11-30-53-47)34-24-26-36(27-25-34)51-41-18-6-8-20-43(41)52(44-21-9-7-19-42(44)51)40-22-12-14-35-13-4-5-17-39(35)40/h1-33H. The lowest BCUT2D eigenvalue weighted by Gasteiger charge is -2.19. The molecule has 0 bridgehead atoms. The van der Waals surface area contributed by atoms with Crippen LogP contribution < -0.4 is 0 Å². The Balaban J connectivity index is 1.07. The Morgan fingerprint density at radius 1 is 0.345 bits per heavy atom. The Hall–Kier alpha value is -7.36. The number of aromatic nitrogens is 3. The highest BCUT2D eigenvalue weighted by molar-refractivity contribution is 6.23. The molecule has 55 heavy (non-hydrogen) atoms. The Bertz CT molecular complexity index is 3170. The number of rotatable bonds is 5. The molecular weight excluding hydrogens is 667 g/mol. The van der Waals surface area contributed by atoms with Crippen LogP contribution in [0.3, 0.4) is 0 Å². The van der Waals surface area contributed by atoms with Gasteiger partial charge in [-0.15, -0.1) is 0 Å². The summed E-state index contributed by atoms with van der Waals surface area (Å²) in [6.07, 6.45) is 3.81. The summed E-state index contributed by atoms with van der Waals surface area (Å²) in [6.45, 7) is 0. The first kappa shape index (κ1) is 31.2. The number of pyridine rings is 2. The summed E-state index contributed by atoms with van der Waals surface area (Å²) in [5, 5.41) is 9.88. The monoisotopic (exact) mass is 699 g/mol. The van der Waals surface area contributed by atoms with Crippen LogP contribution in [0.25, 0.3) is 105 Å². The van der Waals surface area contributed by atoms with Gasteiger partial charge in [-0.3, -0.25) is 9.97 Å². The van der Waals surface area contributed by atoms with Crippen LogP contribution in [0.1, 0.15) is 0 Å². The molecule has 3 nitrogen and oxygen atoms in total. The molecular formula is C52H33N3. The molecule has 256 valence electrons. The van der Waals surface area contributed by atoms with E-state index in [1.165, 1.54) is 71.1 Å². The number of hydrogen-bond acceptors (Lipinski definition) is 2. The minimum Gasteiger partial charge on any atom is -0.308 e. The predicted molar refractivity (Wildman–Crippen MR) is 231 cm³/mol. The zero-order valence-corrected chi connectivity index (χ0v) is 29.9. The molecule has 8 aromatic carbocycles. The molecule has 3 heterocycles. The molecule has 11 rings (SSSR count). The smallest absolute Gasteiger partial charge is 0.0893 e. The van der Waals surface area contributed by atoms with E-state index < -0.39 is 0 Å². The van der Waals surface area contributed by atoms with Crippen LogP contribution in [-0.4, -0.2) is 14.5 Å². The highest BCUT2D eigenvalue weighted by Gasteiger charge is 2.19. The van der Waals surface area contributed by atoms with Crippen LogP contribution in [-0.2, 0) is 0 Å². The Labute approximate surface area is 318 Å². The number of nitrogens with zero attached hydrogens (tertiary/aromatic N) is 3. The molecule has 0 amide bonds. The van der Waals surface area contributed by atoms with Crippen molar-refractivity contribution in [2.24, 2.45) is 0 Å². The molecule has 3 heteroatoms. The van der Waals surface area contributed by atoms with Crippen molar-refractivity contribution in [1.29, 1.82) is 0 Å². The fraction of sp³-hybridized carbons (Fsp3) is 0. The van der Waals surface area contributed by atoms with Gasteiger partial charge in [0.15, 0.2) is 0 Å². The molecule has 0 saturated carbocycles. The Morgan fingerprint density at radius 2 is 0.945 bits per heavy atom. The van der Waals surface area contributed by atoms with Gasteiger partial charge in [-0.05, 0) is 108 Å². The van der Waals surface area contributed by atoms with Gasteiger partial charge in [0.2, 0.25) is 0 Å². The van der Waals surface area contributed by atoms with Crippen molar-refractivity contribution in [2.45, 2.75) is 0 Å². The fourth-order valence-corrected chi connectivity index (χ4v) is 8.61. The Morgan fingerprint density at radius 3 is 1.67 bits per heavy atom. The third kappa shape index (κ3) is 5.05. The fourth-order valence-electron chi connectivity index (χ4n) is 8.61. The number of benzene rings is 8. The molecule has 0 N–H and O–H groups in total. The van der Waals surface area contributed by atoms with Crippen molar-refractivity contribution >= 4 is 54.1 Å². The van der Waals surface area contributed by atoms with Crippen molar-refractivity contribution in [1.82, 2.24) is 14.5 Å². The van der Waals surface area contributed by atoms with Gasteiger partial charge in [-0.25, -0.2) is 0 Å². The first-order valence-electron chi connectivity index (χ1n) is 18.7. The quantitative estimate of drug-likeness (QED) is 0.167. The highest BCUT2D eigenvalue weighted by Crippen LogP contribution is 2.45. The van der Waals surface area contributed by atoms with Gasteiger partial charge < -0.3 is 4.57 Å². The van der Waals surface area contributed by atoms with Gasteiger partial charge >= 0.3 is 0 Å². The van der Waals surface area contributed by atoms with Crippen molar-refractivity contribution in [3.05, 3.63) is 200 Å². The van der Waals surface area contributed by atoms with Crippen LogP contribution in [0.4, 0.5) is 0 Å². The number of para-hydroxylation sites is 1. The molecule has 3 aromatic heterocycles. The zero-order chi connectivity index (χ0) is 36.3. The third-order valence-corrected chi connectivity index (χ3v) is 11.1. The summed E-state index contributed by atoms with van der Waals surface area (Å²) in [5.41, 5.74) is 12.4. The van der Waals surface area contributed by atoms with Crippen LogP contribution >= 0.6 is 0 Å². The lowest BCUT2D eigenvalue weighted by atomic mass is 9.84. The largest absolute Gasteiger partial charge is 0.308 e. The molecule has 0 aliphatic heterocycles. The Kier molecular flexibility index (Phi) is 7.17. The summed E-state index contributed by atoms with van der Waals surface area (Å²) in [6, 6.07) is 67.8. The topological polar surface area (TPSA) is 30.7 Å². The van der Waals surface area contributed by atoms with Crippen molar-refractivity contribution in [2.75, 3.05) is 0 Å². The number of fused-ring (bicyclic) bond motifs is 6. The summed E-state index contributed by atoms with van der Waals surface area (Å²) in [4.78, 5) is 9.47. The molecule has 0 unspecified atom stereocenters. The highest BCUT2D eigenvalue weighted by atomic mass is 15.0.